The van der Waals surface area contributed by atoms with Gasteiger partial charge in [0, 0.05) is 26.2 Å². The molecule has 2 nitrogen and oxygen atoms in total. The van der Waals surface area contributed by atoms with Crippen LogP contribution in [0.5, 0.6) is 0 Å². The minimum absolute atomic E-state index is 0.141. The molecule has 0 radical (unpaired) electrons. The predicted molar refractivity (Wildman–Crippen MR) is 82.3 cm³/mol. The van der Waals surface area contributed by atoms with Gasteiger partial charge in [-0.05, 0) is 18.4 Å². The lowest BCUT2D eigenvalue weighted by Gasteiger charge is -2.47. The van der Waals surface area contributed by atoms with Gasteiger partial charge in [0.15, 0.2) is 0 Å². The summed E-state index contributed by atoms with van der Waals surface area (Å²) in [6, 6.07) is 11.0. The SMILES string of the molecule is CCC(CC)CN1CCNCC1(C)c1ccccc1. The highest BCUT2D eigenvalue weighted by Gasteiger charge is 2.36. The van der Waals surface area contributed by atoms with Crippen molar-refractivity contribution in [3.8, 4) is 0 Å². The van der Waals surface area contributed by atoms with Gasteiger partial charge in [0.2, 0.25) is 0 Å². The maximum Gasteiger partial charge on any atom is 0.0557 e. The number of nitrogens with one attached hydrogen (secondary N) is 1. The monoisotopic (exact) mass is 260 g/mol. The van der Waals surface area contributed by atoms with Crippen molar-refractivity contribution in [2.45, 2.75) is 39.2 Å². The van der Waals surface area contributed by atoms with E-state index in [0.29, 0.717) is 0 Å². The van der Waals surface area contributed by atoms with E-state index in [0.717, 1.165) is 25.6 Å². The molecule has 1 aromatic rings. The van der Waals surface area contributed by atoms with E-state index in [2.05, 4.69) is 61.3 Å². The number of benzene rings is 1. The summed E-state index contributed by atoms with van der Waals surface area (Å²) in [5, 5.41) is 3.57. The zero-order valence-electron chi connectivity index (χ0n) is 12.7. The smallest absolute Gasteiger partial charge is 0.0557 e. The van der Waals surface area contributed by atoms with Crippen molar-refractivity contribution in [1.29, 1.82) is 0 Å². The lowest BCUT2D eigenvalue weighted by atomic mass is 9.86. The molecule has 1 N–H and O–H groups in total. The number of nitrogens with zero attached hydrogens (tertiary/aromatic N) is 1. The Balaban J connectivity index is 2.19. The number of piperazine rings is 1. The van der Waals surface area contributed by atoms with Crippen LogP contribution in [0.15, 0.2) is 30.3 Å². The van der Waals surface area contributed by atoms with Crippen LogP contribution < -0.4 is 5.32 Å². The summed E-state index contributed by atoms with van der Waals surface area (Å²) in [4.78, 5) is 2.69. The van der Waals surface area contributed by atoms with E-state index >= 15 is 0 Å². The normalized spacial score (nSPS) is 24.8. The van der Waals surface area contributed by atoms with Crippen LogP contribution in [0.25, 0.3) is 0 Å². The average Bonchev–Trinajstić information content (AvgIpc) is 2.47. The van der Waals surface area contributed by atoms with Crippen LogP contribution in [0.4, 0.5) is 0 Å². The first-order valence-electron chi connectivity index (χ1n) is 7.72. The third kappa shape index (κ3) is 3.18. The van der Waals surface area contributed by atoms with Gasteiger partial charge < -0.3 is 5.32 Å². The highest BCUT2D eigenvalue weighted by molar-refractivity contribution is 5.25. The quantitative estimate of drug-likeness (QED) is 0.874. The fourth-order valence-electron chi connectivity index (χ4n) is 3.14. The molecule has 1 aromatic carbocycles. The highest BCUT2D eigenvalue weighted by atomic mass is 15.3. The maximum absolute atomic E-state index is 3.57. The van der Waals surface area contributed by atoms with Crippen LogP contribution in [0.3, 0.4) is 0 Å². The molecule has 0 aromatic heterocycles. The molecule has 19 heavy (non-hydrogen) atoms. The Labute approximate surface area is 118 Å². The van der Waals surface area contributed by atoms with Gasteiger partial charge in [-0.3, -0.25) is 4.90 Å². The second kappa shape index (κ2) is 6.53. The van der Waals surface area contributed by atoms with Gasteiger partial charge in [-0.2, -0.15) is 0 Å². The molecule has 0 saturated carbocycles. The minimum atomic E-state index is 0.141. The third-order valence-electron chi connectivity index (χ3n) is 4.75. The first kappa shape index (κ1) is 14.5. The Morgan fingerprint density at radius 3 is 2.53 bits per heavy atom. The molecule has 2 rings (SSSR count). The van der Waals surface area contributed by atoms with Gasteiger partial charge in [0.05, 0.1) is 5.54 Å². The summed E-state index contributed by atoms with van der Waals surface area (Å²) in [6.45, 7) is 11.6. The summed E-state index contributed by atoms with van der Waals surface area (Å²) in [5.41, 5.74) is 1.58. The molecule has 1 aliphatic rings. The second-order valence-electron chi connectivity index (χ2n) is 5.95. The molecule has 0 aliphatic carbocycles. The number of hydrogen-bond acceptors (Lipinski definition) is 2. The first-order chi connectivity index (χ1) is 9.20. The molecule has 1 fully saturated rings. The summed E-state index contributed by atoms with van der Waals surface area (Å²) < 4.78 is 0. The summed E-state index contributed by atoms with van der Waals surface area (Å²) >= 11 is 0. The van der Waals surface area contributed by atoms with E-state index in [4.69, 9.17) is 0 Å². The maximum atomic E-state index is 3.57. The molecule has 1 heterocycles. The van der Waals surface area contributed by atoms with Crippen molar-refractivity contribution in [2.75, 3.05) is 26.2 Å². The summed E-state index contributed by atoms with van der Waals surface area (Å²) in [6.07, 6.45) is 2.57. The third-order valence-corrected chi connectivity index (χ3v) is 4.75. The molecule has 1 saturated heterocycles. The Morgan fingerprint density at radius 2 is 1.89 bits per heavy atom. The van der Waals surface area contributed by atoms with Crippen LogP contribution in [0, 0.1) is 5.92 Å². The van der Waals surface area contributed by atoms with Crippen molar-refractivity contribution < 1.29 is 0 Å². The molecule has 0 spiro atoms. The van der Waals surface area contributed by atoms with E-state index < -0.39 is 0 Å². The number of hydrogen-bond donors (Lipinski definition) is 1. The van der Waals surface area contributed by atoms with Crippen LogP contribution in [0.2, 0.25) is 0 Å². The van der Waals surface area contributed by atoms with Crippen molar-refractivity contribution in [1.82, 2.24) is 10.2 Å². The molecule has 2 heteroatoms. The van der Waals surface area contributed by atoms with Gasteiger partial charge in [-0.25, -0.2) is 0 Å². The summed E-state index contributed by atoms with van der Waals surface area (Å²) in [5.74, 6) is 0.820. The Hall–Kier alpha value is -0.860. The minimum Gasteiger partial charge on any atom is -0.313 e. The lowest BCUT2D eigenvalue weighted by molar-refractivity contribution is 0.0546. The standard InChI is InChI=1S/C17H28N2/c1-4-15(5-2)13-19-12-11-18-14-17(19,3)16-9-7-6-8-10-16/h6-10,15,18H,4-5,11-14H2,1-3H3. The van der Waals surface area contributed by atoms with E-state index in [1.54, 1.807) is 0 Å². The Kier molecular flexibility index (Phi) is 5.00. The molecule has 106 valence electrons. The highest BCUT2D eigenvalue weighted by Crippen LogP contribution is 2.30. The predicted octanol–water partition coefficient (Wildman–Crippen LogP) is 3.24. The molecule has 0 amide bonds. The Morgan fingerprint density at radius 1 is 1.21 bits per heavy atom. The molecule has 0 bridgehead atoms. The average molecular weight is 260 g/mol. The van der Waals surface area contributed by atoms with Crippen molar-refractivity contribution in [3.63, 3.8) is 0 Å². The van der Waals surface area contributed by atoms with Gasteiger partial charge in [0.1, 0.15) is 0 Å². The van der Waals surface area contributed by atoms with Gasteiger partial charge in [0.25, 0.3) is 0 Å². The lowest BCUT2D eigenvalue weighted by Crippen LogP contribution is -2.58. The molecule has 1 unspecified atom stereocenters. The van der Waals surface area contributed by atoms with Crippen molar-refractivity contribution in [2.24, 2.45) is 5.92 Å². The van der Waals surface area contributed by atoms with Crippen molar-refractivity contribution >= 4 is 0 Å². The fraction of sp³-hybridized carbons (Fsp3) is 0.647. The second-order valence-corrected chi connectivity index (χ2v) is 5.95. The van der Waals surface area contributed by atoms with Crippen molar-refractivity contribution in [3.05, 3.63) is 35.9 Å². The van der Waals surface area contributed by atoms with Crippen LogP contribution in [-0.4, -0.2) is 31.1 Å². The molecule has 1 atom stereocenters. The van der Waals surface area contributed by atoms with E-state index in [9.17, 15) is 0 Å². The topological polar surface area (TPSA) is 15.3 Å². The van der Waals surface area contributed by atoms with Gasteiger partial charge in [-0.15, -0.1) is 0 Å². The number of rotatable bonds is 5. The fourth-order valence-corrected chi connectivity index (χ4v) is 3.14. The summed E-state index contributed by atoms with van der Waals surface area (Å²) in [7, 11) is 0. The van der Waals surface area contributed by atoms with E-state index in [1.165, 1.54) is 24.9 Å². The van der Waals surface area contributed by atoms with Crippen LogP contribution >= 0.6 is 0 Å². The largest absolute Gasteiger partial charge is 0.313 e. The Bertz CT molecular complexity index is 372. The zero-order chi connectivity index (χ0) is 13.7. The van der Waals surface area contributed by atoms with E-state index in [1.807, 2.05) is 0 Å². The van der Waals surface area contributed by atoms with Gasteiger partial charge in [-0.1, -0.05) is 57.0 Å². The van der Waals surface area contributed by atoms with Crippen LogP contribution in [-0.2, 0) is 5.54 Å². The molecule has 1 aliphatic heterocycles. The van der Waals surface area contributed by atoms with Crippen LogP contribution in [0.1, 0.15) is 39.2 Å². The molecular weight excluding hydrogens is 232 g/mol. The first-order valence-corrected chi connectivity index (χ1v) is 7.72. The van der Waals surface area contributed by atoms with E-state index in [-0.39, 0.29) is 5.54 Å². The zero-order valence-corrected chi connectivity index (χ0v) is 12.7. The van der Waals surface area contributed by atoms with Gasteiger partial charge >= 0.3 is 0 Å². The molecular formula is C17H28N2.